The number of anilines is 1. The van der Waals surface area contributed by atoms with Crippen LogP contribution in [-0.2, 0) is 9.59 Å². The van der Waals surface area contributed by atoms with E-state index < -0.39 is 17.7 Å². The molecule has 0 aromatic heterocycles. The molecule has 1 aliphatic heterocycles. The minimum atomic E-state index is -0.875. The van der Waals surface area contributed by atoms with Gasteiger partial charge in [-0.2, -0.15) is 0 Å². The molecule has 3 aromatic carbocycles. The Kier molecular flexibility index (Phi) is 6.78. The van der Waals surface area contributed by atoms with Crippen LogP contribution < -0.4 is 19.1 Å². The lowest BCUT2D eigenvalue weighted by Gasteiger charge is -2.26. The first-order valence-electron chi connectivity index (χ1n) is 11.2. The summed E-state index contributed by atoms with van der Waals surface area (Å²) in [7, 11) is 3.01. The summed E-state index contributed by atoms with van der Waals surface area (Å²) in [6, 6.07) is 20.0. The molecule has 3 aromatic rings. The van der Waals surface area contributed by atoms with Gasteiger partial charge in [-0.3, -0.25) is 14.5 Å². The fourth-order valence-corrected chi connectivity index (χ4v) is 4.16. The number of amides is 1. The summed E-state index contributed by atoms with van der Waals surface area (Å²) < 4.78 is 16.5. The molecule has 1 unspecified atom stereocenters. The lowest BCUT2D eigenvalue weighted by atomic mass is 9.94. The number of hydrogen-bond donors (Lipinski definition) is 1. The number of rotatable bonds is 7. The summed E-state index contributed by atoms with van der Waals surface area (Å²) in [5.74, 6) is -0.262. The third kappa shape index (κ3) is 4.57. The van der Waals surface area contributed by atoms with E-state index in [-0.39, 0.29) is 17.4 Å². The Labute approximate surface area is 204 Å². The van der Waals surface area contributed by atoms with Gasteiger partial charge in [-0.25, -0.2) is 0 Å². The molecule has 1 heterocycles. The number of hydrogen-bond acceptors (Lipinski definition) is 6. The summed E-state index contributed by atoms with van der Waals surface area (Å²) in [5, 5.41) is 11.3. The molecular formula is C28H27NO6. The predicted molar refractivity (Wildman–Crippen MR) is 133 cm³/mol. The van der Waals surface area contributed by atoms with Crippen LogP contribution in [0, 0.1) is 0 Å². The van der Waals surface area contributed by atoms with Crippen molar-refractivity contribution in [1.29, 1.82) is 0 Å². The zero-order valence-electron chi connectivity index (χ0n) is 20.0. The van der Waals surface area contributed by atoms with Crippen LogP contribution in [-0.4, -0.2) is 37.1 Å². The number of carbonyl (C=O) groups is 2. The van der Waals surface area contributed by atoms with Crippen LogP contribution in [0.5, 0.6) is 17.2 Å². The van der Waals surface area contributed by atoms with Gasteiger partial charge in [-0.1, -0.05) is 30.3 Å². The van der Waals surface area contributed by atoms with Gasteiger partial charge in [0.2, 0.25) is 0 Å². The molecule has 7 nitrogen and oxygen atoms in total. The van der Waals surface area contributed by atoms with Crippen molar-refractivity contribution in [2.24, 2.45) is 0 Å². The minimum Gasteiger partial charge on any atom is -0.507 e. The van der Waals surface area contributed by atoms with Crippen molar-refractivity contribution in [3.05, 3.63) is 89.5 Å². The zero-order valence-corrected chi connectivity index (χ0v) is 20.0. The monoisotopic (exact) mass is 473 g/mol. The number of para-hydroxylation sites is 1. The molecule has 35 heavy (non-hydrogen) atoms. The molecule has 1 fully saturated rings. The number of carbonyl (C=O) groups excluding carboxylic acids is 2. The fourth-order valence-electron chi connectivity index (χ4n) is 4.16. The van der Waals surface area contributed by atoms with Gasteiger partial charge in [-0.15, -0.1) is 0 Å². The Balaban J connectivity index is 1.92. The second-order valence-corrected chi connectivity index (χ2v) is 8.31. The van der Waals surface area contributed by atoms with Crippen molar-refractivity contribution in [1.82, 2.24) is 0 Å². The van der Waals surface area contributed by atoms with Crippen LogP contribution in [0.15, 0.2) is 78.4 Å². The summed E-state index contributed by atoms with van der Waals surface area (Å²) in [4.78, 5) is 28.1. The Hall–Kier alpha value is -4.26. The van der Waals surface area contributed by atoms with Crippen LogP contribution in [0.2, 0.25) is 0 Å². The maximum absolute atomic E-state index is 13.3. The molecule has 1 N–H and O–H groups in total. The van der Waals surface area contributed by atoms with Gasteiger partial charge in [0.15, 0.2) is 0 Å². The van der Waals surface area contributed by atoms with E-state index in [4.69, 9.17) is 14.2 Å². The highest BCUT2D eigenvalue weighted by atomic mass is 16.5. The smallest absolute Gasteiger partial charge is 0.300 e. The average molecular weight is 474 g/mol. The summed E-state index contributed by atoms with van der Waals surface area (Å²) in [6.45, 7) is 3.86. The SMILES string of the molecule is COc1cccc(N2C(=O)C(=O)/C(=C(/O)c3ccccc3OC)C2c2ccc(OC(C)C)cc2)c1. The van der Waals surface area contributed by atoms with Crippen LogP contribution in [0.1, 0.15) is 31.0 Å². The largest absolute Gasteiger partial charge is 0.507 e. The van der Waals surface area contributed by atoms with Crippen molar-refractivity contribution in [2.45, 2.75) is 26.0 Å². The Morgan fingerprint density at radius 3 is 2.26 bits per heavy atom. The molecular weight excluding hydrogens is 446 g/mol. The van der Waals surface area contributed by atoms with E-state index in [0.717, 1.165) is 0 Å². The number of methoxy groups -OCH3 is 2. The van der Waals surface area contributed by atoms with E-state index in [9.17, 15) is 14.7 Å². The van der Waals surface area contributed by atoms with E-state index in [2.05, 4.69) is 0 Å². The van der Waals surface area contributed by atoms with Crippen LogP contribution in [0.25, 0.3) is 5.76 Å². The molecule has 7 heteroatoms. The average Bonchev–Trinajstić information content (AvgIpc) is 3.14. The Morgan fingerprint density at radius 2 is 1.60 bits per heavy atom. The highest BCUT2D eigenvalue weighted by molar-refractivity contribution is 6.51. The van der Waals surface area contributed by atoms with E-state index in [1.807, 2.05) is 13.8 Å². The van der Waals surface area contributed by atoms with Crippen LogP contribution >= 0.6 is 0 Å². The van der Waals surface area contributed by atoms with Gasteiger partial charge >= 0.3 is 0 Å². The molecule has 1 saturated heterocycles. The first kappa shape index (κ1) is 23.9. The maximum Gasteiger partial charge on any atom is 0.300 e. The van der Waals surface area contributed by atoms with Crippen molar-refractivity contribution in [3.63, 3.8) is 0 Å². The highest BCUT2D eigenvalue weighted by Gasteiger charge is 2.47. The molecule has 0 bridgehead atoms. The molecule has 1 amide bonds. The van der Waals surface area contributed by atoms with Gasteiger partial charge in [0, 0.05) is 11.8 Å². The maximum atomic E-state index is 13.3. The third-order valence-corrected chi connectivity index (χ3v) is 5.71. The summed E-state index contributed by atoms with van der Waals surface area (Å²) in [5.41, 5.74) is 1.40. The quantitative estimate of drug-likeness (QED) is 0.291. The van der Waals surface area contributed by atoms with Crippen LogP contribution in [0.3, 0.4) is 0 Å². The van der Waals surface area contributed by atoms with Gasteiger partial charge < -0.3 is 19.3 Å². The van der Waals surface area contributed by atoms with Crippen molar-refractivity contribution < 1.29 is 28.9 Å². The number of aliphatic hydroxyl groups excluding tert-OH is 1. The van der Waals surface area contributed by atoms with Gasteiger partial charge in [-0.05, 0) is 55.8 Å². The van der Waals surface area contributed by atoms with Crippen molar-refractivity contribution in [2.75, 3.05) is 19.1 Å². The number of ether oxygens (including phenoxy) is 3. The fraction of sp³-hybridized carbons (Fsp3) is 0.214. The first-order chi connectivity index (χ1) is 16.8. The molecule has 0 radical (unpaired) electrons. The van der Waals surface area contributed by atoms with Crippen molar-refractivity contribution >= 4 is 23.1 Å². The van der Waals surface area contributed by atoms with E-state index in [1.54, 1.807) is 72.8 Å². The molecule has 0 saturated carbocycles. The van der Waals surface area contributed by atoms with Gasteiger partial charge in [0.05, 0.1) is 37.5 Å². The first-order valence-corrected chi connectivity index (χ1v) is 11.2. The van der Waals surface area contributed by atoms with Crippen LogP contribution in [0.4, 0.5) is 5.69 Å². The molecule has 1 atom stereocenters. The second kappa shape index (κ2) is 9.93. The molecule has 1 aliphatic rings. The number of benzene rings is 3. The molecule has 180 valence electrons. The van der Waals surface area contributed by atoms with E-state index in [1.165, 1.54) is 19.1 Å². The molecule has 4 rings (SSSR count). The van der Waals surface area contributed by atoms with Gasteiger partial charge in [0.1, 0.15) is 23.0 Å². The summed E-state index contributed by atoms with van der Waals surface area (Å²) in [6.07, 6.45) is -0.00573. The minimum absolute atomic E-state index is 0.00573. The number of aliphatic hydroxyl groups is 1. The number of nitrogens with zero attached hydrogens (tertiary/aromatic N) is 1. The van der Waals surface area contributed by atoms with Gasteiger partial charge in [0.25, 0.3) is 11.7 Å². The lowest BCUT2D eigenvalue weighted by Crippen LogP contribution is -2.29. The highest BCUT2D eigenvalue weighted by Crippen LogP contribution is 2.44. The van der Waals surface area contributed by atoms with Crippen molar-refractivity contribution in [3.8, 4) is 17.2 Å². The lowest BCUT2D eigenvalue weighted by molar-refractivity contribution is -0.132. The summed E-state index contributed by atoms with van der Waals surface area (Å²) >= 11 is 0. The zero-order chi connectivity index (χ0) is 25.1. The van der Waals surface area contributed by atoms with E-state index in [0.29, 0.717) is 34.1 Å². The molecule has 0 aliphatic carbocycles. The molecule has 0 spiro atoms. The normalized spacial score (nSPS) is 17.1. The Morgan fingerprint density at radius 1 is 0.886 bits per heavy atom. The topological polar surface area (TPSA) is 85.3 Å². The van der Waals surface area contributed by atoms with E-state index >= 15 is 0 Å². The Bertz CT molecular complexity index is 1280. The number of Topliss-reactive ketones (excluding diaryl/α,β-unsaturated/α-hetero) is 1. The third-order valence-electron chi connectivity index (χ3n) is 5.71. The standard InChI is InChI=1S/C28H27NO6/c1-17(2)35-20-14-12-18(13-15-20)25-24(26(30)22-10-5-6-11-23(22)34-4)27(31)28(32)29(25)19-8-7-9-21(16-19)33-3/h5-17,25,30H,1-4H3/b26-24+. The second-order valence-electron chi connectivity index (χ2n) is 8.31. The predicted octanol–water partition coefficient (Wildman–Crippen LogP) is 5.12. The number of ketones is 1.